The molecule has 30 heavy (non-hydrogen) atoms. The molecule has 2 aromatic rings. The fraction of sp³-hybridized carbons (Fsp3) is 0.318. The smallest absolute Gasteiger partial charge is 0.325 e. The fourth-order valence-electron chi connectivity index (χ4n) is 4.01. The van der Waals surface area contributed by atoms with Gasteiger partial charge in [-0.3, -0.25) is 14.5 Å². The minimum absolute atomic E-state index is 0.0653. The summed E-state index contributed by atoms with van der Waals surface area (Å²) >= 11 is 5.80. The first-order valence-corrected chi connectivity index (χ1v) is 10.1. The molecule has 0 bridgehead atoms. The zero-order chi connectivity index (χ0) is 21.5. The zero-order valence-corrected chi connectivity index (χ0v) is 17.2. The Kier molecular flexibility index (Phi) is 5.24. The molecule has 0 radical (unpaired) electrons. The number of carbonyl (C=O) groups is 3. The molecule has 1 N–H and O–H groups in total. The van der Waals surface area contributed by atoms with Gasteiger partial charge in [0, 0.05) is 12.1 Å². The van der Waals surface area contributed by atoms with Gasteiger partial charge in [0.25, 0.3) is 11.8 Å². The van der Waals surface area contributed by atoms with Crippen molar-refractivity contribution in [3.8, 4) is 0 Å². The molecule has 2 aliphatic heterocycles. The Hall–Kier alpha value is -2.93. The molecule has 1 spiro atoms. The van der Waals surface area contributed by atoms with E-state index in [1.165, 1.54) is 21.9 Å². The summed E-state index contributed by atoms with van der Waals surface area (Å²) < 4.78 is 13.4. The van der Waals surface area contributed by atoms with Crippen molar-refractivity contribution in [2.75, 3.05) is 13.1 Å². The second kappa shape index (κ2) is 7.72. The molecule has 0 saturated carbocycles. The number of halogens is 2. The van der Waals surface area contributed by atoms with Crippen LogP contribution in [0, 0.1) is 12.7 Å². The van der Waals surface area contributed by atoms with Gasteiger partial charge in [-0.1, -0.05) is 41.4 Å². The van der Waals surface area contributed by atoms with E-state index in [4.69, 9.17) is 11.6 Å². The normalized spacial score (nSPS) is 21.3. The Balaban J connectivity index is 1.53. The number of hydrogen-bond acceptors (Lipinski definition) is 3. The van der Waals surface area contributed by atoms with Crippen LogP contribution in [0.25, 0.3) is 0 Å². The van der Waals surface area contributed by atoms with Crippen LogP contribution in [-0.4, -0.2) is 46.3 Å². The van der Waals surface area contributed by atoms with E-state index < -0.39 is 17.4 Å². The maximum atomic E-state index is 13.4. The Morgan fingerprint density at radius 3 is 2.63 bits per heavy atom. The van der Waals surface area contributed by atoms with Crippen molar-refractivity contribution < 1.29 is 18.8 Å². The third-order valence-corrected chi connectivity index (χ3v) is 5.94. The first-order valence-electron chi connectivity index (χ1n) is 9.73. The fourth-order valence-corrected chi connectivity index (χ4v) is 4.19. The van der Waals surface area contributed by atoms with Crippen LogP contribution in [0.5, 0.6) is 0 Å². The highest BCUT2D eigenvalue weighted by atomic mass is 35.5. The lowest BCUT2D eigenvalue weighted by atomic mass is 9.88. The summed E-state index contributed by atoms with van der Waals surface area (Å²) in [5.41, 5.74) is 1.05. The minimum Gasteiger partial charge on any atom is -0.336 e. The van der Waals surface area contributed by atoms with Gasteiger partial charge < -0.3 is 10.2 Å². The van der Waals surface area contributed by atoms with Gasteiger partial charge >= 0.3 is 6.03 Å². The van der Waals surface area contributed by atoms with Crippen LogP contribution < -0.4 is 5.32 Å². The number of rotatable bonds is 3. The maximum Gasteiger partial charge on any atom is 0.325 e. The highest BCUT2D eigenvalue weighted by Gasteiger charge is 2.53. The van der Waals surface area contributed by atoms with Crippen LogP contribution in [-0.2, 0) is 11.3 Å². The standard InChI is InChI=1S/C22H21ClFN3O3/c1-14-3-5-15(6-4-14)12-27-20(29)22(25-21(27)30)9-2-10-26(13-22)19(28)16-7-8-18(24)17(23)11-16/h3-8,11H,2,9-10,12-13H2,1H3,(H,25,30). The quantitative estimate of drug-likeness (QED) is 0.759. The van der Waals surface area contributed by atoms with Crippen molar-refractivity contribution in [3.05, 3.63) is 70.0 Å². The molecule has 6 nitrogen and oxygen atoms in total. The number of nitrogens with one attached hydrogen (secondary N) is 1. The van der Waals surface area contributed by atoms with Gasteiger partial charge in [-0.25, -0.2) is 9.18 Å². The number of hydrogen-bond donors (Lipinski definition) is 1. The monoisotopic (exact) mass is 429 g/mol. The largest absolute Gasteiger partial charge is 0.336 e. The van der Waals surface area contributed by atoms with Crippen LogP contribution in [0.2, 0.25) is 5.02 Å². The number of urea groups is 1. The first-order chi connectivity index (χ1) is 14.3. The topological polar surface area (TPSA) is 69.7 Å². The van der Waals surface area contributed by atoms with E-state index in [1.807, 2.05) is 31.2 Å². The lowest BCUT2D eigenvalue weighted by molar-refractivity contribution is -0.133. The summed E-state index contributed by atoms with van der Waals surface area (Å²) in [7, 11) is 0. The summed E-state index contributed by atoms with van der Waals surface area (Å²) in [6, 6.07) is 11.0. The Bertz CT molecular complexity index is 1030. The first kappa shape index (κ1) is 20.3. The van der Waals surface area contributed by atoms with Crippen LogP contribution in [0.3, 0.4) is 0 Å². The number of imide groups is 1. The van der Waals surface area contributed by atoms with E-state index in [1.54, 1.807) is 0 Å². The van der Waals surface area contributed by atoms with Crippen molar-refractivity contribution >= 4 is 29.4 Å². The molecule has 0 aromatic heterocycles. The Morgan fingerprint density at radius 2 is 1.93 bits per heavy atom. The molecular formula is C22H21ClFN3O3. The van der Waals surface area contributed by atoms with Crippen molar-refractivity contribution in [1.82, 2.24) is 15.1 Å². The lowest BCUT2D eigenvalue weighted by Crippen LogP contribution is -2.59. The minimum atomic E-state index is -1.14. The number of nitrogens with zero attached hydrogens (tertiary/aromatic N) is 2. The van der Waals surface area contributed by atoms with E-state index in [0.717, 1.165) is 17.2 Å². The second-order valence-electron chi connectivity index (χ2n) is 7.85. The molecule has 2 saturated heterocycles. The molecule has 2 heterocycles. The number of amides is 4. The molecule has 8 heteroatoms. The van der Waals surface area contributed by atoms with Crippen LogP contribution in [0.4, 0.5) is 9.18 Å². The Morgan fingerprint density at radius 1 is 1.20 bits per heavy atom. The van der Waals surface area contributed by atoms with Crippen molar-refractivity contribution in [3.63, 3.8) is 0 Å². The highest BCUT2D eigenvalue weighted by molar-refractivity contribution is 6.31. The molecule has 1 unspecified atom stereocenters. The van der Waals surface area contributed by atoms with Gasteiger partial charge in [-0.15, -0.1) is 0 Å². The lowest BCUT2D eigenvalue weighted by Gasteiger charge is -2.38. The van der Waals surface area contributed by atoms with Crippen molar-refractivity contribution in [2.45, 2.75) is 31.8 Å². The van der Waals surface area contributed by atoms with Crippen LogP contribution in [0.1, 0.15) is 34.3 Å². The van der Waals surface area contributed by atoms with Crippen LogP contribution >= 0.6 is 11.6 Å². The predicted molar refractivity (Wildman–Crippen MR) is 110 cm³/mol. The summed E-state index contributed by atoms with van der Waals surface area (Å²) in [5.74, 6) is -1.29. The summed E-state index contributed by atoms with van der Waals surface area (Å²) in [5, 5.41) is 2.68. The number of piperidine rings is 1. The molecule has 4 amide bonds. The maximum absolute atomic E-state index is 13.4. The van der Waals surface area contributed by atoms with Gasteiger partial charge in [-0.05, 0) is 43.5 Å². The number of carbonyl (C=O) groups excluding carboxylic acids is 3. The molecule has 4 rings (SSSR count). The summed E-state index contributed by atoms with van der Waals surface area (Å²) in [6.07, 6.45) is 1.01. The third-order valence-electron chi connectivity index (χ3n) is 5.65. The molecule has 2 aliphatic rings. The van der Waals surface area contributed by atoms with Gasteiger partial charge in [0.15, 0.2) is 0 Å². The SMILES string of the molecule is Cc1ccc(CN2C(=O)NC3(CCCN(C(=O)c4ccc(F)c(Cl)c4)C3)C2=O)cc1. The molecule has 2 fully saturated rings. The number of benzene rings is 2. The predicted octanol–water partition coefficient (Wildman–Crippen LogP) is 3.51. The van der Waals surface area contributed by atoms with Gasteiger partial charge in [-0.2, -0.15) is 0 Å². The van der Waals surface area contributed by atoms with Gasteiger partial charge in [0.2, 0.25) is 0 Å². The highest BCUT2D eigenvalue weighted by Crippen LogP contribution is 2.30. The molecule has 156 valence electrons. The summed E-state index contributed by atoms with van der Waals surface area (Å²) in [6.45, 7) is 2.65. The van der Waals surface area contributed by atoms with E-state index in [0.29, 0.717) is 19.4 Å². The molecular weight excluding hydrogens is 409 g/mol. The molecule has 2 aromatic carbocycles. The van der Waals surface area contributed by atoms with E-state index in [-0.39, 0.29) is 35.5 Å². The van der Waals surface area contributed by atoms with E-state index in [9.17, 15) is 18.8 Å². The molecule has 0 aliphatic carbocycles. The molecule has 1 atom stereocenters. The Labute approximate surface area is 178 Å². The van der Waals surface area contributed by atoms with Gasteiger partial charge in [0.1, 0.15) is 11.4 Å². The number of aryl methyl sites for hydroxylation is 1. The van der Waals surface area contributed by atoms with Crippen molar-refractivity contribution in [1.29, 1.82) is 0 Å². The number of likely N-dealkylation sites (tertiary alicyclic amines) is 1. The second-order valence-corrected chi connectivity index (χ2v) is 8.26. The third kappa shape index (κ3) is 3.65. The van der Waals surface area contributed by atoms with Gasteiger partial charge in [0.05, 0.1) is 18.1 Å². The van der Waals surface area contributed by atoms with Crippen molar-refractivity contribution in [2.24, 2.45) is 0 Å². The summed E-state index contributed by atoms with van der Waals surface area (Å²) in [4.78, 5) is 41.4. The average Bonchev–Trinajstić information content (AvgIpc) is 2.95. The van der Waals surface area contributed by atoms with E-state index >= 15 is 0 Å². The average molecular weight is 430 g/mol. The van der Waals surface area contributed by atoms with Crippen LogP contribution in [0.15, 0.2) is 42.5 Å². The van der Waals surface area contributed by atoms with E-state index in [2.05, 4.69) is 5.32 Å². The zero-order valence-electron chi connectivity index (χ0n) is 16.5.